The molecule has 0 atom stereocenters. The van der Waals surface area contributed by atoms with Crippen molar-refractivity contribution in [1.82, 2.24) is 10.2 Å². The van der Waals surface area contributed by atoms with Crippen molar-refractivity contribution >= 4 is 11.9 Å². The van der Waals surface area contributed by atoms with E-state index in [1.807, 2.05) is 12.1 Å². The van der Waals surface area contributed by atoms with Crippen LogP contribution >= 0.6 is 0 Å². The highest BCUT2D eigenvalue weighted by atomic mass is 16.5. The van der Waals surface area contributed by atoms with Gasteiger partial charge in [-0.05, 0) is 25.0 Å². The zero-order chi connectivity index (χ0) is 16.8. The van der Waals surface area contributed by atoms with Crippen molar-refractivity contribution in [3.05, 3.63) is 30.2 Å². The van der Waals surface area contributed by atoms with E-state index in [-0.39, 0.29) is 18.5 Å². The number of rotatable bonds is 6. The molecule has 1 N–H and O–H groups in total. The maximum atomic E-state index is 12.0. The monoisotopic (exact) mass is 331 g/mol. The van der Waals surface area contributed by atoms with Gasteiger partial charge in [0.05, 0.1) is 7.11 Å². The molecule has 1 heterocycles. The normalized spacial score (nSPS) is 15.0. The first kappa shape index (κ1) is 16.3. The number of benzene rings is 1. The maximum Gasteiger partial charge on any atom is 0.322 e. The molecule has 0 radical (unpaired) electrons. The van der Waals surface area contributed by atoms with Gasteiger partial charge in [-0.2, -0.15) is 0 Å². The molecule has 0 unspecified atom stereocenters. The molecular formula is C17H21N3O4. The van der Waals surface area contributed by atoms with Crippen LogP contribution in [0.25, 0.3) is 0 Å². The van der Waals surface area contributed by atoms with Crippen molar-refractivity contribution < 1.29 is 18.7 Å². The molecule has 0 spiro atoms. The molecule has 1 aliphatic carbocycles. The van der Waals surface area contributed by atoms with Crippen LogP contribution in [0.4, 0.5) is 6.01 Å². The van der Waals surface area contributed by atoms with E-state index in [1.54, 1.807) is 19.2 Å². The van der Waals surface area contributed by atoms with Crippen LogP contribution in [0.3, 0.4) is 0 Å². The van der Waals surface area contributed by atoms with Gasteiger partial charge in [-0.25, -0.2) is 0 Å². The largest absolute Gasteiger partial charge is 0.493 e. The van der Waals surface area contributed by atoms with Gasteiger partial charge in [0.25, 0.3) is 5.91 Å². The van der Waals surface area contributed by atoms with E-state index >= 15 is 0 Å². The van der Waals surface area contributed by atoms with Crippen molar-refractivity contribution in [1.29, 1.82) is 0 Å². The summed E-state index contributed by atoms with van der Waals surface area (Å²) < 4.78 is 16.2. The third-order valence-corrected chi connectivity index (χ3v) is 4.07. The van der Waals surface area contributed by atoms with Gasteiger partial charge in [-0.15, -0.1) is 5.10 Å². The van der Waals surface area contributed by atoms with Crippen LogP contribution in [0.2, 0.25) is 0 Å². The average molecular weight is 331 g/mol. The summed E-state index contributed by atoms with van der Waals surface area (Å²) in [6, 6.07) is 7.26. The lowest BCUT2D eigenvalue weighted by molar-refractivity contribution is -0.118. The Morgan fingerprint density at radius 1 is 1.21 bits per heavy atom. The summed E-state index contributed by atoms with van der Waals surface area (Å²) in [5.41, 5.74) is 0. The molecule has 0 aliphatic heterocycles. The number of amides is 1. The van der Waals surface area contributed by atoms with Crippen LogP contribution in [0.15, 0.2) is 28.7 Å². The van der Waals surface area contributed by atoms with Crippen LogP contribution in [0, 0.1) is 0 Å². The zero-order valence-corrected chi connectivity index (χ0v) is 13.7. The summed E-state index contributed by atoms with van der Waals surface area (Å²) in [5, 5.41) is 10.5. The number of carbonyl (C=O) groups is 1. The Balaban J connectivity index is 1.52. The number of carbonyl (C=O) groups excluding carboxylic acids is 1. The quantitative estimate of drug-likeness (QED) is 0.875. The maximum absolute atomic E-state index is 12.0. The standard InChI is InChI=1S/C17H21N3O4/c1-22-13-9-5-6-10-14(13)23-11-15(21)18-17-20-19-16(24-17)12-7-3-2-4-8-12/h5-6,9-10,12H,2-4,7-8,11H2,1H3,(H,18,20,21). The number of anilines is 1. The number of ether oxygens (including phenoxy) is 2. The Morgan fingerprint density at radius 2 is 1.96 bits per heavy atom. The number of nitrogens with zero attached hydrogens (tertiary/aromatic N) is 2. The molecule has 128 valence electrons. The summed E-state index contributed by atoms with van der Waals surface area (Å²) in [5.74, 6) is 1.63. The van der Waals surface area contributed by atoms with Crippen LogP contribution < -0.4 is 14.8 Å². The molecule has 7 heteroatoms. The second-order valence-electron chi connectivity index (χ2n) is 5.77. The Bertz CT molecular complexity index is 680. The fourth-order valence-corrected chi connectivity index (χ4v) is 2.84. The third kappa shape index (κ3) is 4.04. The third-order valence-electron chi connectivity index (χ3n) is 4.07. The molecular weight excluding hydrogens is 310 g/mol. The Kier molecular flexibility index (Phi) is 5.30. The van der Waals surface area contributed by atoms with Crippen LogP contribution in [0.1, 0.15) is 43.9 Å². The van der Waals surface area contributed by atoms with Gasteiger partial charge >= 0.3 is 6.01 Å². The highest BCUT2D eigenvalue weighted by molar-refractivity contribution is 5.89. The van der Waals surface area contributed by atoms with Gasteiger partial charge in [0.2, 0.25) is 5.89 Å². The minimum atomic E-state index is -0.361. The van der Waals surface area contributed by atoms with Gasteiger partial charge < -0.3 is 13.9 Å². The molecule has 1 aromatic carbocycles. The number of nitrogens with one attached hydrogen (secondary N) is 1. The minimum absolute atomic E-state index is 0.115. The molecule has 24 heavy (non-hydrogen) atoms. The summed E-state index contributed by atoms with van der Waals surface area (Å²) in [6.45, 7) is -0.165. The van der Waals surface area contributed by atoms with E-state index in [2.05, 4.69) is 15.5 Å². The average Bonchev–Trinajstić information content (AvgIpc) is 3.09. The first-order valence-electron chi connectivity index (χ1n) is 8.15. The lowest BCUT2D eigenvalue weighted by Gasteiger charge is -2.17. The summed E-state index contributed by atoms with van der Waals surface area (Å²) >= 11 is 0. The van der Waals surface area contributed by atoms with Crippen LogP contribution in [-0.4, -0.2) is 29.8 Å². The van der Waals surface area contributed by atoms with E-state index in [0.29, 0.717) is 23.3 Å². The highest BCUT2D eigenvalue weighted by Gasteiger charge is 2.21. The Labute approximate surface area is 140 Å². The van der Waals surface area contributed by atoms with Gasteiger partial charge in [0, 0.05) is 5.92 Å². The first-order chi connectivity index (χ1) is 11.8. The molecule has 3 rings (SSSR count). The second kappa shape index (κ2) is 7.81. The molecule has 1 aliphatic rings. The van der Waals surface area contributed by atoms with Crippen molar-refractivity contribution in [3.8, 4) is 11.5 Å². The van der Waals surface area contributed by atoms with E-state index in [1.165, 1.54) is 19.3 Å². The summed E-state index contributed by atoms with van der Waals surface area (Å²) in [4.78, 5) is 12.0. The first-order valence-corrected chi connectivity index (χ1v) is 8.15. The van der Waals surface area contributed by atoms with Crippen molar-refractivity contribution in [2.75, 3.05) is 19.0 Å². The van der Waals surface area contributed by atoms with Gasteiger partial charge in [0.1, 0.15) is 0 Å². The van der Waals surface area contributed by atoms with Gasteiger partial charge in [-0.1, -0.05) is 36.5 Å². The van der Waals surface area contributed by atoms with Gasteiger partial charge in [-0.3, -0.25) is 10.1 Å². The number of hydrogen-bond acceptors (Lipinski definition) is 6. The van der Waals surface area contributed by atoms with Crippen molar-refractivity contribution in [3.63, 3.8) is 0 Å². The second-order valence-corrected chi connectivity index (χ2v) is 5.77. The smallest absolute Gasteiger partial charge is 0.322 e. The highest BCUT2D eigenvalue weighted by Crippen LogP contribution is 2.32. The Morgan fingerprint density at radius 3 is 2.71 bits per heavy atom. The lowest BCUT2D eigenvalue weighted by Crippen LogP contribution is -2.20. The van der Waals surface area contributed by atoms with Crippen LogP contribution in [0.5, 0.6) is 11.5 Å². The Hall–Kier alpha value is -2.57. The molecule has 1 amide bonds. The molecule has 0 saturated heterocycles. The van der Waals surface area contributed by atoms with E-state index < -0.39 is 0 Å². The molecule has 0 bridgehead atoms. The van der Waals surface area contributed by atoms with E-state index in [0.717, 1.165) is 12.8 Å². The van der Waals surface area contributed by atoms with Crippen molar-refractivity contribution in [2.45, 2.75) is 38.0 Å². The molecule has 7 nitrogen and oxygen atoms in total. The van der Waals surface area contributed by atoms with E-state index in [4.69, 9.17) is 13.9 Å². The fraction of sp³-hybridized carbons (Fsp3) is 0.471. The number of para-hydroxylation sites is 2. The SMILES string of the molecule is COc1ccccc1OCC(=O)Nc1nnc(C2CCCCC2)o1. The number of hydrogen-bond donors (Lipinski definition) is 1. The molecule has 1 fully saturated rings. The van der Waals surface area contributed by atoms with Crippen LogP contribution in [-0.2, 0) is 4.79 Å². The number of methoxy groups -OCH3 is 1. The summed E-state index contributed by atoms with van der Waals surface area (Å²) in [6.07, 6.45) is 5.75. The van der Waals surface area contributed by atoms with Gasteiger partial charge in [0.15, 0.2) is 18.1 Å². The fourth-order valence-electron chi connectivity index (χ4n) is 2.84. The number of aromatic nitrogens is 2. The van der Waals surface area contributed by atoms with E-state index in [9.17, 15) is 4.79 Å². The topological polar surface area (TPSA) is 86.5 Å². The minimum Gasteiger partial charge on any atom is -0.493 e. The lowest BCUT2D eigenvalue weighted by atomic mass is 9.89. The van der Waals surface area contributed by atoms with Crippen molar-refractivity contribution in [2.24, 2.45) is 0 Å². The molecule has 1 aromatic heterocycles. The predicted molar refractivity (Wildman–Crippen MR) is 87.2 cm³/mol. The summed E-state index contributed by atoms with van der Waals surface area (Å²) in [7, 11) is 1.55. The molecule has 1 saturated carbocycles. The predicted octanol–water partition coefficient (Wildman–Crippen LogP) is 3.14. The zero-order valence-electron chi connectivity index (χ0n) is 13.7. The molecule has 2 aromatic rings.